The number of nitrogens with one attached hydrogen (secondary N) is 1. The van der Waals surface area contributed by atoms with Crippen LogP contribution in [0.3, 0.4) is 0 Å². The van der Waals surface area contributed by atoms with E-state index in [1.54, 1.807) is 7.11 Å². The maximum atomic E-state index is 10.2. The number of aryl methyl sites for hydroxylation is 1. The van der Waals surface area contributed by atoms with Crippen LogP contribution in [-0.4, -0.2) is 24.4 Å². The van der Waals surface area contributed by atoms with Gasteiger partial charge in [0, 0.05) is 13.1 Å². The van der Waals surface area contributed by atoms with Crippen LogP contribution < -0.4 is 10.1 Å². The van der Waals surface area contributed by atoms with Crippen LogP contribution in [0.4, 0.5) is 0 Å². The fourth-order valence-electron chi connectivity index (χ4n) is 1.99. The summed E-state index contributed by atoms with van der Waals surface area (Å²) in [4.78, 5) is 0. The standard InChI is InChI=1S/C15H25NO2/c1-5-15(17,6-2)11-16-10-13-7-8-14(18-4)12(3)9-13/h7-9,16-17H,5-6,10-11H2,1-4H3. The molecular formula is C15H25NO2. The molecule has 102 valence electrons. The molecule has 0 aromatic heterocycles. The SMILES string of the molecule is CCC(O)(CC)CNCc1ccc(OC)c(C)c1. The van der Waals surface area contributed by atoms with Crippen LogP contribution in [0.2, 0.25) is 0 Å². The molecule has 1 aromatic carbocycles. The monoisotopic (exact) mass is 251 g/mol. The molecule has 0 bridgehead atoms. The minimum Gasteiger partial charge on any atom is -0.496 e. The lowest BCUT2D eigenvalue weighted by Crippen LogP contribution is -2.39. The zero-order valence-corrected chi connectivity index (χ0v) is 11.9. The van der Waals surface area contributed by atoms with Crippen LogP contribution in [0.1, 0.15) is 37.8 Å². The van der Waals surface area contributed by atoms with Crippen LogP contribution in [-0.2, 0) is 6.54 Å². The van der Waals surface area contributed by atoms with Crippen molar-refractivity contribution in [3.05, 3.63) is 29.3 Å². The molecular weight excluding hydrogens is 226 g/mol. The number of ether oxygens (including phenoxy) is 1. The molecule has 0 fully saturated rings. The van der Waals surface area contributed by atoms with Crippen molar-refractivity contribution in [2.45, 2.75) is 45.8 Å². The number of methoxy groups -OCH3 is 1. The summed E-state index contributed by atoms with van der Waals surface area (Å²) in [6.45, 7) is 7.47. The van der Waals surface area contributed by atoms with E-state index in [-0.39, 0.29) is 0 Å². The Balaban J connectivity index is 2.52. The normalized spacial score (nSPS) is 11.6. The van der Waals surface area contributed by atoms with Crippen molar-refractivity contribution in [3.63, 3.8) is 0 Å². The highest BCUT2D eigenvalue weighted by atomic mass is 16.5. The third-order valence-corrected chi connectivity index (χ3v) is 3.56. The Hall–Kier alpha value is -1.06. The Labute approximate surface area is 110 Å². The molecule has 0 amide bonds. The van der Waals surface area contributed by atoms with Gasteiger partial charge in [0.25, 0.3) is 0 Å². The summed E-state index contributed by atoms with van der Waals surface area (Å²) in [6, 6.07) is 6.15. The first kappa shape index (κ1) is 15.0. The first-order valence-corrected chi connectivity index (χ1v) is 6.61. The molecule has 0 aliphatic rings. The molecule has 0 unspecified atom stereocenters. The molecule has 0 radical (unpaired) electrons. The van der Waals surface area contributed by atoms with Crippen LogP contribution in [0.25, 0.3) is 0 Å². The van der Waals surface area contributed by atoms with Crippen molar-refractivity contribution in [3.8, 4) is 5.75 Å². The second kappa shape index (κ2) is 6.76. The largest absolute Gasteiger partial charge is 0.496 e. The second-order valence-electron chi connectivity index (χ2n) is 4.84. The minimum atomic E-state index is -0.582. The summed E-state index contributed by atoms with van der Waals surface area (Å²) in [5.41, 5.74) is 1.77. The van der Waals surface area contributed by atoms with Crippen molar-refractivity contribution >= 4 is 0 Å². The van der Waals surface area contributed by atoms with Crippen LogP contribution in [0.5, 0.6) is 5.75 Å². The Bertz CT molecular complexity index is 373. The van der Waals surface area contributed by atoms with Gasteiger partial charge in [-0.15, -0.1) is 0 Å². The number of hydrogen-bond donors (Lipinski definition) is 2. The summed E-state index contributed by atoms with van der Waals surface area (Å²) >= 11 is 0. The Morgan fingerprint density at radius 1 is 1.28 bits per heavy atom. The average molecular weight is 251 g/mol. The topological polar surface area (TPSA) is 41.5 Å². The summed E-state index contributed by atoms with van der Waals surface area (Å²) < 4.78 is 5.23. The van der Waals surface area contributed by atoms with Gasteiger partial charge in [0.1, 0.15) is 5.75 Å². The lowest BCUT2D eigenvalue weighted by Gasteiger charge is -2.25. The van der Waals surface area contributed by atoms with E-state index in [9.17, 15) is 5.11 Å². The molecule has 0 aliphatic carbocycles. The fourth-order valence-corrected chi connectivity index (χ4v) is 1.99. The van der Waals surface area contributed by atoms with Gasteiger partial charge >= 0.3 is 0 Å². The van der Waals surface area contributed by atoms with Crippen LogP contribution in [0, 0.1) is 6.92 Å². The third kappa shape index (κ3) is 4.00. The van der Waals surface area contributed by atoms with Crippen molar-refractivity contribution in [2.24, 2.45) is 0 Å². The maximum Gasteiger partial charge on any atom is 0.121 e. The number of aliphatic hydroxyl groups is 1. The van der Waals surface area contributed by atoms with Crippen LogP contribution >= 0.6 is 0 Å². The van der Waals surface area contributed by atoms with E-state index in [0.717, 1.165) is 30.7 Å². The summed E-state index contributed by atoms with van der Waals surface area (Å²) in [7, 11) is 1.68. The number of benzene rings is 1. The summed E-state index contributed by atoms with van der Waals surface area (Å²) in [6.07, 6.45) is 1.55. The molecule has 0 atom stereocenters. The fraction of sp³-hybridized carbons (Fsp3) is 0.600. The van der Waals surface area contributed by atoms with E-state index >= 15 is 0 Å². The van der Waals surface area contributed by atoms with E-state index in [0.29, 0.717) is 6.54 Å². The van der Waals surface area contributed by atoms with Gasteiger partial charge in [0.05, 0.1) is 12.7 Å². The smallest absolute Gasteiger partial charge is 0.121 e. The van der Waals surface area contributed by atoms with Crippen molar-refractivity contribution in [1.29, 1.82) is 0 Å². The first-order valence-electron chi connectivity index (χ1n) is 6.61. The van der Waals surface area contributed by atoms with Gasteiger partial charge in [-0.05, 0) is 37.0 Å². The van der Waals surface area contributed by atoms with Crippen molar-refractivity contribution < 1.29 is 9.84 Å². The highest BCUT2D eigenvalue weighted by Crippen LogP contribution is 2.18. The predicted octanol–water partition coefficient (Wildman–Crippen LogP) is 2.64. The van der Waals surface area contributed by atoms with E-state index in [1.165, 1.54) is 5.56 Å². The summed E-state index contributed by atoms with van der Waals surface area (Å²) in [5.74, 6) is 0.914. The molecule has 0 spiro atoms. The van der Waals surface area contributed by atoms with Crippen molar-refractivity contribution in [1.82, 2.24) is 5.32 Å². The molecule has 0 saturated carbocycles. The van der Waals surface area contributed by atoms with E-state index < -0.39 is 5.60 Å². The van der Waals surface area contributed by atoms with Gasteiger partial charge in [0.2, 0.25) is 0 Å². The molecule has 2 N–H and O–H groups in total. The summed E-state index contributed by atoms with van der Waals surface area (Å²) in [5, 5.41) is 13.5. The highest BCUT2D eigenvalue weighted by molar-refractivity contribution is 5.36. The molecule has 1 rings (SSSR count). The van der Waals surface area contributed by atoms with Gasteiger partial charge in [0.15, 0.2) is 0 Å². The number of hydrogen-bond acceptors (Lipinski definition) is 3. The first-order chi connectivity index (χ1) is 8.54. The molecule has 0 aliphatic heterocycles. The number of rotatable bonds is 7. The van der Waals surface area contributed by atoms with Gasteiger partial charge in [-0.2, -0.15) is 0 Å². The molecule has 0 heterocycles. The van der Waals surface area contributed by atoms with E-state index in [1.807, 2.05) is 26.8 Å². The van der Waals surface area contributed by atoms with Gasteiger partial charge in [-0.1, -0.05) is 26.0 Å². The van der Waals surface area contributed by atoms with Crippen molar-refractivity contribution in [2.75, 3.05) is 13.7 Å². The van der Waals surface area contributed by atoms with Gasteiger partial charge in [-0.3, -0.25) is 0 Å². The average Bonchev–Trinajstić information content (AvgIpc) is 2.39. The Morgan fingerprint density at radius 2 is 1.94 bits per heavy atom. The second-order valence-corrected chi connectivity index (χ2v) is 4.84. The van der Waals surface area contributed by atoms with E-state index in [2.05, 4.69) is 17.4 Å². The van der Waals surface area contributed by atoms with Gasteiger partial charge < -0.3 is 15.2 Å². The minimum absolute atomic E-state index is 0.582. The quantitative estimate of drug-likeness (QED) is 0.783. The Kier molecular flexibility index (Phi) is 5.63. The molecule has 3 nitrogen and oxygen atoms in total. The zero-order valence-electron chi connectivity index (χ0n) is 11.9. The lowest BCUT2D eigenvalue weighted by atomic mass is 9.97. The highest BCUT2D eigenvalue weighted by Gasteiger charge is 2.20. The van der Waals surface area contributed by atoms with E-state index in [4.69, 9.17) is 4.74 Å². The maximum absolute atomic E-state index is 10.2. The van der Waals surface area contributed by atoms with Crippen LogP contribution in [0.15, 0.2) is 18.2 Å². The molecule has 18 heavy (non-hydrogen) atoms. The molecule has 0 saturated heterocycles. The molecule has 1 aromatic rings. The third-order valence-electron chi connectivity index (χ3n) is 3.56. The van der Waals surface area contributed by atoms with Gasteiger partial charge in [-0.25, -0.2) is 0 Å². The predicted molar refractivity (Wildman–Crippen MR) is 75.0 cm³/mol. The lowest BCUT2D eigenvalue weighted by molar-refractivity contribution is 0.0323. The Morgan fingerprint density at radius 3 is 2.44 bits per heavy atom. The molecule has 3 heteroatoms. The zero-order chi connectivity index (χ0) is 13.6.